The van der Waals surface area contributed by atoms with Crippen LogP contribution in [0.4, 0.5) is 0 Å². The molecule has 1 atom stereocenters. The number of hydrogen-bond donors (Lipinski definition) is 0. The second kappa shape index (κ2) is 3.88. The number of piperazine rings is 1. The number of fused-ring (bicyclic) bond motifs is 1. The van der Waals surface area contributed by atoms with Gasteiger partial charge in [-0.2, -0.15) is 0 Å². The van der Waals surface area contributed by atoms with E-state index in [1.54, 1.807) is 0 Å². The van der Waals surface area contributed by atoms with E-state index in [4.69, 9.17) is 0 Å². The second-order valence-corrected chi connectivity index (χ2v) is 4.31. The van der Waals surface area contributed by atoms with E-state index in [1.165, 1.54) is 0 Å². The fourth-order valence-corrected chi connectivity index (χ4v) is 2.53. The van der Waals surface area contributed by atoms with E-state index in [9.17, 15) is 9.59 Å². The molecule has 2 aliphatic rings. The largest absolute Gasteiger partial charge is 0.338 e. The van der Waals surface area contributed by atoms with Crippen LogP contribution in [0.15, 0.2) is 0 Å². The van der Waals surface area contributed by atoms with Gasteiger partial charge in [0.25, 0.3) is 0 Å². The van der Waals surface area contributed by atoms with Gasteiger partial charge in [-0.25, -0.2) is 0 Å². The van der Waals surface area contributed by atoms with Crippen LogP contribution in [0.3, 0.4) is 0 Å². The van der Waals surface area contributed by atoms with Crippen molar-refractivity contribution in [3.05, 3.63) is 0 Å². The molecule has 2 heterocycles. The third-order valence-corrected chi connectivity index (χ3v) is 3.44. The van der Waals surface area contributed by atoms with Gasteiger partial charge >= 0.3 is 0 Å². The highest BCUT2D eigenvalue weighted by atomic mass is 79.9. The van der Waals surface area contributed by atoms with Crippen LogP contribution >= 0.6 is 15.9 Å². The fraction of sp³-hybridized carbons (Fsp3) is 0.778. The standard InChI is InChI=1S/C9H13BrN2O2/c10-5-9(14)11-3-4-12-7(6-11)1-2-8(12)13/h7H,1-6H2. The number of halogens is 1. The first-order chi connectivity index (χ1) is 6.72. The average molecular weight is 261 g/mol. The van der Waals surface area contributed by atoms with Crippen molar-refractivity contribution in [3.63, 3.8) is 0 Å². The number of alkyl halides is 1. The Kier molecular flexibility index (Phi) is 2.76. The van der Waals surface area contributed by atoms with Gasteiger partial charge in [0, 0.05) is 32.1 Å². The van der Waals surface area contributed by atoms with Crippen LogP contribution in [0.25, 0.3) is 0 Å². The molecule has 2 fully saturated rings. The van der Waals surface area contributed by atoms with Gasteiger partial charge in [0.15, 0.2) is 0 Å². The first kappa shape index (κ1) is 9.96. The third-order valence-electron chi connectivity index (χ3n) is 2.96. The summed E-state index contributed by atoms with van der Waals surface area (Å²) < 4.78 is 0. The van der Waals surface area contributed by atoms with Crippen LogP contribution in [0.1, 0.15) is 12.8 Å². The maximum Gasteiger partial charge on any atom is 0.233 e. The lowest BCUT2D eigenvalue weighted by atomic mass is 10.1. The molecule has 14 heavy (non-hydrogen) atoms. The van der Waals surface area contributed by atoms with E-state index < -0.39 is 0 Å². The second-order valence-electron chi connectivity index (χ2n) is 3.75. The summed E-state index contributed by atoms with van der Waals surface area (Å²) in [4.78, 5) is 26.5. The van der Waals surface area contributed by atoms with Gasteiger partial charge in [-0.1, -0.05) is 15.9 Å². The third kappa shape index (κ3) is 1.65. The maximum absolute atomic E-state index is 11.4. The molecule has 0 N–H and O–H groups in total. The SMILES string of the molecule is O=C(CBr)N1CCN2C(=O)CCC2C1. The van der Waals surface area contributed by atoms with Gasteiger partial charge in [-0.3, -0.25) is 9.59 Å². The van der Waals surface area contributed by atoms with Crippen LogP contribution in [-0.2, 0) is 9.59 Å². The van der Waals surface area contributed by atoms with Crippen molar-refractivity contribution >= 4 is 27.7 Å². The Morgan fingerprint density at radius 1 is 1.50 bits per heavy atom. The lowest BCUT2D eigenvalue weighted by Gasteiger charge is -2.37. The molecule has 5 heteroatoms. The molecule has 0 bridgehead atoms. The molecule has 0 aromatic rings. The van der Waals surface area contributed by atoms with Gasteiger partial charge in [0.1, 0.15) is 0 Å². The summed E-state index contributed by atoms with van der Waals surface area (Å²) >= 11 is 3.16. The molecule has 0 aliphatic carbocycles. The van der Waals surface area contributed by atoms with Crippen molar-refractivity contribution in [1.29, 1.82) is 0 Å². The van der Waals surface area contributed by atoms with Gasteiger partial charge in [-0.05, 0) is 6.42 Å². The zero-order chi connectivity index (χ0) is 10.1. The van der Waals surface area contributed by atoms with Crippen LogP contribution in [0.2, 0.25) is 0 Å². The average Bonchev–Trinajstić information content (AvgIpc) is 2.59. The minimum atomic E-state index is 0.129. The Hall–Kier alpha value is -0.580. The highest BCUT2D eigenvalue weighted by Crippen LogP contribution is 2.22. The lowest BCUT2D eigenvalue weighted by Crippen LogP contribution is -2.53. The predicted molar refractivity (Wildman–Crippen MR) is 55.1 cm³/mol. The van der Waals surface area contributed by atoms with Crippen molar-refractivity contribution < 1.29 is 9.59 Å². The molecular formula is C9H13BrN2O2. The normalized spacial score (nSPS) is 26.6. The van der Waals surface area contributed by atoms with Crippen LogP contribution in [-0.4, -0.2) is 52.6 Å². The zero-order valence-corrected chi connectivity index (χ0v) is 9.49. The summed E-state index contributed by atoms with van der Waals surface area (Å²) in [5.41, 5.74) is 0. The monoisotopic (exact) mass is 260 g/mol. The molecule has 0 aromatic carbocycles. The minimum Gasteiger partial charge on any atom is -0.338 e. The summed E-state index contributed by atoms with van der Waals surface area (Å²) in [5.74, 6) is 0.380. The molecule has 2 rings (SSSR count). The summed E-state index contributed by atoms with van der Waals surface area (Å²) in [6, 6.07) is 0.277. The molecule has 0 saturated carbocycles. The van der Waals surface area contributed by atoms with Crippen molar-refractivity contribution in [2.75, 3.05) is 25.0 Å². The lowest BCUT2D eigenvalue weighted by molar-refractivity contribution is -0.137. The Balaban J connectivity index is 1.99. The number of amides is 2. The number of nitrogens with zero attached hydrogens (tertiary/aromatic N) is 2. The number of carbonyl (C=O) groups excluding carboxylic acids is 2. The summed E-state index contributed by atoms with van der Waals surface area (Å²) in [5, 5.41) is 0.383. The van der Waals surface area contributed by atoms with Crippen molar-refractivity contribution in [2.24, 2.45) is 0 Å². The molecule has 2 amide bonds. The Bertz CT molecular complexity index is 270. The smallest absolute Gasteiger partial charge is 0.233 e. The molecule has 0 aromatic heterocycles. The molecule has 4 nitrogen and oxygen atoms in total. The van der Waals surface area contributed by atoms with Crippen molar-refractivity contribution in [2.45, 2.75) is 18.9 Å². The first-order valence-corrected chi connectivity index (χ1v) is 5.97. The van der Waals surface area contributed by atoms with E-state index in [-0.39, 0.29) is 17.9 Å². The van der Waals surface area contributed by atoms with Crippen LogP contribution in [0, 0.1) is 0 Å². The van der Waals surface area contributed by atoms with E-state index in [2.05, 4.69) is 15.9 Å². The van der Waals surface area contributed by atoms with E-state index in [0.717, 1.165) is 13.0 Å². The van der Waals surface area contributed by atoms with Crippen LogP contribution in [0.5, 0.6) is 0 Å². The number of carbonyl (C=O) groups is 2. The Morgan fingerprint density at radius 3 is 3.00 bits per heavy atom. The zero-order valence-electron chi connectivity index (χ0n) is 7.91. The summed E-state index contributed by atoms with van der Waals surface area (Å²) in [7, 11) is 0. The van der Waals surface area contributed by atoms with E-state index in [1.807, 2.05) is 9.80 Å². The van der Waals surface area contributed by atoms with E-state index >= 15 is 0 Å². The number of rotatable bonds is 1. The quantitative estimate of drug-likeness (QED) is 0.633. The molecule has 2 aliphatic heterocycles. The van der Waals surface area contributed by atoms with Crippen molar-refractivity contribution in [1.82, 2.24) is 9.80 Å². The number of hydrogen-bond acceptors (Lipinski definition) is 2. The minimum absolute atomic E-state index is 0.129. The molecular weight excluding hydrogens is 248 g/mol. The van der Waals surface area contributed by atoms with Gasteiger partial charge in [-0.15, -0.1) is 0 Å². The molecule has 0 spiro atoms. The summed E-state index contributed by atoms with van der Waals surface area (Å²) in [6.45, 7) is 2.12. The first-order valence-electron chi connectivity index (χ1n) is 4.85. The Labute approximate surface area is 91.4 Å². The molecule has 0 radical (unpaired) electrons. The topological polar surface area (TPSA) is 40.6 Å². The van der Waals surface area contributed by atoms with Gasteiger partial charge < -0.3 is 9.80 Å². The molecule has 1 unspecified atom stereocenters. The Morgan fingerprint density at radius 2 is 2.29 bits per heavy atom. The van der Waals surface area contributed by atoms with Crippen molar-refractivity contribution in [3.8, 4) is 0 Å². The highest BCUT2D eigenvalue weighted by molar-refractivity contribution is 9.09. The van der Waals surface area contributed by atoms with Crippen LogP contribution < -0.4 is 0 Å². The fourth-order valence-electron chi connectivity index (χ4n) is 2.18. The predicted octanol–water partition coefficient (Wildman–Crippen LogP) is 0.214. The van der Waals surface area contributed by atoms with Gasteiger partial charge in [0.05, 0.1) is 5.33 Å². The maximum atomic E-state index is 11.4. The van der Waals surface area contributed by atoms with Gasteiger partial charge in [0.2, 0.25) is 11.8 Å². The summed E-state index contributed by atoms with van der Waals surface area (Å²) in [6.07, 6.45) is 1.56. The highest BCUT2D eigenvalue weighted by Gasteiger charge is 2.36. The molecule has 78 valence electrons. The molecule has 2 saturated heterocycles. The van der Waals surface area contributed by atoms with E-state index in [0.29, 0.717) is 24.8 Å².